The van der Waals surface area contributed by atoms with Gasteiger partial charge in [0.15, 0.2) is 11.6 Å². The molecule has 3 rings (SSSR count). The number of rotatable bonds is 2. The van der Waals surface area contributed by atoms with Gasteiger partial charge in [0.05, 0.1) is 5.69 Å². The first-order valence-corrected chi connectivity index (χ1v) is 6.53. The monoisotopic (exact) mass is 278 g/mol. The van der Waals surface area contributed by atoms with Crippen molar-refractivity contribution in [2.45, 2.75) is 25.7 Å². The van der Waals surface area contributed by atoms with Gasteiger partial charge in [-0.2, -0.15) is 0 Å². The number of aromatic nitrogens is 2. The Labute approximate surface area is 114 Å². The highest BCUT2D eigenvalue weighted by Gasteiger charge is 2.26. The summed E-state index contributed by atoms with van der Waals surface area (Å²) in [5.41, 5.74) is 2.10. The van der Waals surface area contributed by atoms with Gasteiger partial charge in [-0.25, -0.2) is 13.8 Å². The number of nitrogens with zero attached hydrogens (tertiary/aromatic N) is 1. The fraction of sp³-hybridized carbons (Fsp3) is 0.286. The van der Waals surface area contributed by atoms with Crippen molar-refractivity contribution < 1.29 is 8.78 Å². The number of benzene rings is 1. The van der Waals surface area contributed by atoms with Gasteiger partial charge in [-0.1, -0.05) is 12.2 Å². The number of nitrogens with one attached hydrogen (secondary N) is 1. The van der Waals surface area contributed by atoms with E-state index in [0.717, 1.165) is 36.0 Å². The van der Waals surface area contributed by atoms with E-state index in [1.807, 2.05) is 6.92 Å². The van der Waals surface area contributed by atoms with Gasteiger partial charge in [0.1, 0.15) is 10.5 Å². The van der Waals surface area contributed by atoms with Gasteiger partial charge in [-0.15, -0.1) is 0 Å². The quantitative estimate of drug-likeness (QED) is 0.831. The molecule has 1 aliphatic rings. The molecule has 0 aliphatic heterocycles. The van der Waals surface area contributed by atoms with E-state index >= 15 is 0 Å². The van der Waals surface area contributed by atoms with Gasteiger partial charge in [-0.3, -0.25) is 0 Å². The molecule has 1 N–H and O–H groups in total. The van der Waals surface area contributed by atoms with Crippen LogP contribution < -0.4 is 0 Å². The van der Waals surface area contributed by atoms with Crippen molar-refractivity contribution in [3.05, 3.63) is 45.9 Å². The molecular formula is C14H12F2N2S. The van der Waals surface area contributed by atoms with E-state index in [1.54, 1.807) is 6.07 Å². The molecule has 0 unspecified atom stereocenters. The van der Waals surface area contributed by atoms with Crippen LogP contribution in [-0.2, 0) is 0 Å². The van der Waals surface area contributed by atoms with Gasteiger partial charge in [0, 0.05) is 17.0 Å². The number of H-pyrrole nitrogens is 1. The third kappa shape index (κ3) is 2.30. The third-order valence-corrected chi connectivity index (χ3v) is 3.74. The lowest BCUT2D eigenvalue weighted by molar-refractivity contribution is 0.509. The highest BCUT2D eigenvalue weighted by atomic mass is 32.1. The van der Waals surface area contributed by atoms with Crippen molar-refractivity contribution in [3.63, 3.8) is 0 Å². The molecule has 1 fully saturated rings. The number of hydrogen-bond acceptors (Lipinski definition) is 2. The van der Waals surface area contributed by atoms with Crippen molar-refractivity contribution in [3.8, 4) is 11.3 Å². The van der Waals surface area contributed by atoms with Gasteiger partial charge < -0.3 is 4.98 Å². The maximum absolute atomic E-state index is 13.3. The van der Waals surface area contributed by atoms with Crippen LogP contribution >= 0.6 is 12.2 Å². The molecule has 1 heterocycles. The van der Waals surface area contributed by atoms with Crippen LogP contribution in [0, 0.1) is 23.2 Å². The first kappa shape index (κ1) is 12.4. The first-order valence-electron chi connectivity index (χ1n) is 6.12. The predicted molar refractivity (Wildman–Crippen MR) is 71.5 cm³/mol. The van der Waals surface area contributed by atoms with Crippen LogP contribution in [0.15, 0.2) is 18.2 Å². The predicted octanol–water partition coefficient (Wildman–Crippen LogP) is 4.27. The Bertz CT molecular complexity index is 705. The SMILES string of the molecule is Cc1c(-c2ccc(F)c(F)c2)[nH]c(C2CC2)nc1=S. The van der Waals surface area contributed by atoms with E-state index in [9.17, 15) is 8.78 Å². The van der Waals surface area contributed by atoms with E-state index in [4.69, 9.17) is 12.2 Å². The van der Waals surface area contributed by atoms with E-state index in [-0.39, 0.29) is 0 Å². The summed E-state index contributed by atoms with van der Waals surface area (Å²) in [6.45, 7) is 1.83. The van der Waals surface area contributed by atoms with E-state index in [1.165, 1.54) is 6.07 Å². The molecule has 0 atom stereocenters. The number of aromatic amines is 1. The maximum atomic E-state index is 13.3. The third-order valence-electron chi connectivity index (χ3n) is 3.34. The number of hydrogen-bond donors (Lipinski definition) is 1. The second-order valence-corrected chi connectivity index (χ2v) is 5.22. The second-order valence-electron chi connectivity index (χ2n) is 4.83. The van der Waals surface area contributed by atoms with Crippen molar-refractivity contribution in [2.24, 2.45) is 0 Å². The van der Waals surface area contributed by atoms with Gasteiger partial charge in [0.2, 0.25) is 0 Å². The molecule has 0 bridgehead atoms. The minimum atomic E-state index is -0.860. The van der Waals surface area contributed by atoms with Crippen molar-refractivity contribution in [2.75, 3.05) is 0 Å². The smallest absolute Gasteiger partial charge is 0.159 e. The van der Waals surface area contributed by atoms with Crippen LogP contribution in [0.2, 0.25) is 0 Å². The Balaban J connectivity index is 2.17. The van der Waals surface area contributed by atoms with Crippen LogP contribution in [-0.4, -0.2) is 9.97 Å². The zero-order chi connectivity index (χ0) is 13.6. The minimum Gasteiger partial charge on any atom is -0.343 e. The Morgan fingerprint density at radius 1 is 1.26 bits per heavy atom. The topological polar surface area (TPSA) is 28.7 Å². The molecule has 0 amide bonds. The highest BCUT2D eigenvalue weighted by Crippen LogP contribution is 2.39. The van der Waals surface area contributed by atoms with Crippen LogP contribution in [0.3, 0.4) is 0 Å². The summed E-state index contributed by atoms with van der Waals surface area (Å²) in [6.07, 6.45) is 2.19. The fourth-order valence-corrected chi connectivity index (χ4v) is 2.24. The van der Waals surface area contributed by atoms with Gasteiger partial charge >= 0.3 is 0 Å². The summed E-state index contributed by atoms with van der Waals surface area (Å²) in [5.74, 6) is -0.445. The van der Waals surface area contributed by atoms with Crippen LogP contribution in [0.1, 0.15) is 30.1 Å². The molecular weight excluding hydrogens is 266 g/mol. The summed E-state index contributed by atoms with van der Waals surface area (Å²) in [5, 5.41) is 0. The molecule has 1 aromatic heterocycles. The van der Waals surface area contributed by atoms with E-state index in [2.05, 4.69) is 9.97 Å². The molecule has 2 nitrogen and oxygen atoms in total. The van der Waals surface area contributed by atoms with Crippen molar-refractivity contribution in [1.29, 1.82) is 0 Å². The summed E-state index contributed by atoms with van der Waals surface area (Å²) < 4.78 is 26.8. The largest absolute Gasteiger partial charge is 0.343 e. The molecule has 2 aromatic rings. The van der Waals surface area contributed by atoms with Crippen molar-refractivity contribution in [1.82, 2.24) is 9.97 Å². The molecule has 0 radical (unpaired) electrons. The average Bonchev–Trinajstić information content (AvgIpc) is 3.20. The molecule has 19 heavy (non-hydrogen) atoms. The van der Waals surface area contributed by atoms with Gasteiger partial charge in [0.25, 0.3) is 0 Å². The van der Waals surface area contributed by atoms with Crippen LogP contribution in [0.5, 0.6) is 0 Å². The zero-order valence-corrected chi connectivity index (χ0v) is 11.2. The lowest BCUT2D eigenvalue weighted by atomic mass is 10.1. The Kier molecular flexibility index (Phi) is 2.93. The molecule has 5 heteroatoms. The Morgan fingerprint density at radius 2 is 2.00 bits per heavy atom. The van der Waals surface area contributed by atoms with Crippen molar-refractivity contribution >= 4 is 12.2 Å². The Hall–Kier alpha value is -1.62. The highest BCUT2D eigenvalue weighted by molar-refractivity contribution is 7.71. The summed E-state index contributed by atoms with van der Waals surface area (Å²) in [7, 11) is 0. The summed E-state index contributed by atoms with van der Waals surface area (Å²) in [4.78, 5) is 7.56. The van der Waals surface area contributed by atoms with E-state index in [0.29, 0.717) is 16.1 Å². The standard InChI is InChI=1S/C14H12F2N2S/c1-7-12(9-4-5-10(15)11(16)6-9)17-13(8-2-3-8)18-14(7)19/h4-6,8H,2-3H2,1H3,(H,17,18,19). The van der Waals surface area contributed by atoms with Crippen LogP contribution in [0.25, 0.3) is 11.3 Å². The molecule has 0 saturated heterocycles. The lowest BCUT2D eigenvalue weighted by Crippen LogP contribution is -2.00. The number of halogens is 2. The second kappa shape index (κ2) is 4.49. The van der Waals surface area contributed by atoms with Gasteiger partial charge in [-0.05, 0) is 38.0 Å². The summed E-state index contributed by atoms with van der Waals surface area (Å²) in [6, 6.07) is 3.85. The zero-order valence-electron chi connectivity index (χ0n) is 10.3. The first-order chi connectivity index (χ1) is 9.06. The normalized spacial score (nSPS) is 14.7. The van der Waals surface area contributed by atoms with Crippen LogP contribution in [0.4, 0.5) is 8.78 Å². The maximum Gasteiger partial charge on any atom is 0.159 e. The minimum absolute atomic E-state index is 0.423. The Morgan fingerprint density at radius 3 is 2.63 bits per heavy atom. The average molecular weight is 278 g/mol. The molecule has 1 aromatic carbocycles. The van der Waals surface area contributed by atoms with E-state index < -0.39 is 11.6 Å². The lowest BCUT2D eigenvalue weighted by Gasteiger charge is -2.09. The molecule has 98 valence electrons. The molecule has 1 saturated carbocycles. The fourth-order valence-electron chi connectivity index (χ4n) is 2.04. The molecule has 1 aliphatic carbocycles. The summed E-state index contributed by atoms with van der Waals surface area (Å²) >= 11 is 5.23. The molecule has 0 spiro atoms.